The van der Waals surface area contributed by atoms with E-state index in [0.717, 1.165) is 29.6 Å². The van der Waals surface area contributed by atoms with Crippen LogP contribution in [0.2, 0.25) is 0 Å². The highest BCUT2D eigenvalue weighted by Crippen LogP contribution is 2.33. The van der Waals surface area contributed by atoms with Gasteiger partial charge in [0.1, 0.15) is 6.04 Å². The second-order valence-electron chi connectivity index (χ2n) is 6.72. The summed E-state index contributed by atoms with van der Waals surface area (Å²) in [6.45, 7) is 10.4. The van der Waals surface area contributed by atoms with Gasteiger partial charge in [0.05, 0.1) is 17.4 Å². The van der Waals surface area contributed by atoms with Crippen LogP contribution in [-0.4, -0.2) is 15.5 Å². The van der Waals surface area contributed by atoms with E-state index in [1.807, 2.05) is 16.7 Å². The van der Waals surface area contributed by atoms with Crippen molar-refractivity contribution in [1.82, 2.24) is 14.9 Å². The zero-order valence-corrected chi connectivity index (χ0v) is 12.8. The van der Waals surface area contributed by atoms with Crippen molar-refractivity contribution in [3.8, 4) is 0 Å². The monoisotopic (exact) mass is 283 g/mol. The quantitative estimate of drug-likeness (QED) is 0.873. The highest BCUT2D eigenvalue weighted by molar-refractivity contribution is 5.87. The van der Waals surface area contributed by atoms with Crippen LogP contribution in [0.25, 0.3) is 11.0 Å². The maximum atomic E-state index is 12.3. The number of amides is 1. The zero-order chi connectivity index (χ0) is 15.2. The summed E-state index contributed by atoms with van der Waals surface area (Å²) in [5.41, 5.74) is 4.04. The first-order valence-corrected chi connectivity index (χ1v) is 7.32. The largest absolute Gasteiger partial charge is 0.329 e. The Morgan fingerprint density at radius 2 is 2.14 bits per heavy atom. The molecule has 1 N–H and O–H groups in total. The molecule has 3 rings (SSSR count). The van der Waals surface area contributed by atoms with Crippen LogP contribution in [0.5, 0.6) is 0 Å². The van der Waals surface area contributed by atoms with Crippen molar-refractivity contribution < 1.29 is 4.79 Å². The maximum Gasteiger partial charge on any atom is 0.247 e. The fourth-order valence-corrected chi connectivity index (χ4v) is 2.96. The molecule has 0 aliphatic carbocycles. The second kappa shape index (κ2) is 4.72. The lowest BCUT2D eigenvalue weighted by Crippen LogP contribution is -2.36. The molecule has 1 saturated heterocycles. The van der Waals surface area contributed by atoms with Gasteiger partial charge in [0.15, 0.2) is 0 Å². The second-order valence-corrected chi connectivity index (χ2v) is 6.72. The number of rotatable bonds is 1. The van der Waals surface area contributed by atoms with Gasteiger partial charge in [0, 0.05) is 5.70 Å². The smallest absolute Gasteiger partial charge is 0.247 e. The Bertz CT molecular complexity index is 721. The van der Waals surface area contributed by atoms with E-state index in [1.165, 1.54) is 5.56 Å². The summed E-state index contributed by atoms with van der Waals surface area (Å²) in [4.78, 5) is 16.8. The molecule has 1 fully saturated rings. The Morgan fingerprint density at radius 3 is 2.81 bits per heavy atom. The summed E-state index contributed by atoms with van der Waals surface area (Å²) in [7, 11) is 0. The number of imidazole rings is 1. The van der Waals surface area contributed by atoms with Crippen LogP contribution in [0.15, 0.2) is 36.8 Å². The van der Waals surface area contributed by atoms with Crippen LogP contribution in [0, 0.1) is 0 Å². The summed E-state index contributed by atoms with van der Waals surface area (Å²) in [5, 5.41) is 2.86. The van der Waals surface area contributed by atoms with E-state index in [0.29, 0.717) is 0 Å². The Kier molecular flexibility index (Phi) is 3.12. The average Bonchev–Trinajstić information content (AvgIpc) is 2.81. The molecule has 21 heavy (non-hydrogen) atoms. The predicted molar refractivity (Wildman–Crippen MR) is 84.0 cm³/mol. The van der Waals surface area contributed by atoms with Gasteiger partial charge in [-0.3, -0.25) is 4.79 Å². The number of hydrogen-bond acceptors (Lipinski definition) is 2. The predicted octanol–water partition coefficient (Wildman–Crippen LogP) is 3.30. The number of carbonyl (C=O) groups is 1. The zero-order valence-electron chi connectivity index (χ0n) is 12.8. The molecule has 4 heteroatoms. The SMILES string of the molecule is C=C1CCC(n2cnc3cccc(C(C)(C)C)c32)C(=O)N1. The van der Waals surface area contributed by atoms with Crippen LogP contribution < -0.4 is 5.32 Å². The van der Waals surface area contributed by atoms with Crippen LogP contribution >= 0.6 is 0 Å². The molecule has 1 aromatic carbocycles. The Morgan fingerprint density at radius 1 is 1.38 bits per heavy atom. The number of nitrogens with zero attached hydrogens (tertiary/aromatic N) is 2. The van der Waals surface area contributed by atoms with Gasteiger partial charge in [-0.25, -0.2) is 4.98 Å². The van der Waals surface area contributed by atoms with Crippen molar-refractivity contribution in [2.75, 3.05) is 0 Å². The van der Waals surface area contributed by atoms with E-state index in [-0.39, 0.29) is 17.4 Å². The van der Waals surface area contributed by atoms with E-state index in [4.69, 9.17) is 0 Å². The molecule has 0 spiro atoms. The molecule has 0 radical (unpaired) electrons. The van der Waals surface area contributed by atoms with Crippen LogP contribution in [0.4, 0.5) is 0 Å². The van der Waals surface area contributed by atoms with Gasteiger partial charge in [-0.15, -0.1) is 0 Å². The molecule has 2 heterocycles. The molecule has 0 saturated carbocycles. The number of para-hydroxylation sites is 1. The van der Waals surface area contributed by atoms with Crippen molar-refractivity contribution in [2.24, 2.45) is 0 Å². The number of piperidine rings is 1. The van der Waals surface area contributed by atoms with E-state index in [2.05, 4.69) is 43.7 Å². The van der Waals surface area contributed by atoms with Crippen molar-refractivity contribution in [3.63, 3.8) is 0 Å². The Balaban J connectivity index is 2.16. The third-order valence-electron chi connectivity index (χ3n) is 4.06. The minimum absolute atomic E-state index is 0.00599. The summed E-state index contributed by atoms with van der Waals surface area (Å²) in [5.74, 6) is 0.00858. The van der Waals surface area contributed by atoms with Crippen molar-refractivity contribution >= 4 is 16.9 Å². The number of nitrogens with one attached hydrogen (secondary N) is 1. The molecule has 0 bridgehead atoms. The van der Waals surface area contributed by atoms with Gasteiger partial charge >= 0.3 is 0 Å². The van der Waals surface area contributed by atoms with Gasteiger partial charge < -0.3 is 9.88 Å². The number of hydrogen-bond donors (Lipinski definition) is 1. The lowest BCUT2D eigenvalue weighted by atomic mass is 9.86. The standard InChI is InChI=1S/C17H21N3O/c1-11-8-9-14(16(21)19-11)20-10-18-13-7-5-6-12(15(13)20)17(2,3)4/h5-7,10,14H,1,8-9H2,2-4H3,(H,19,21). The normalized spacial score (nSPS) is 19.9. The summed E-state index contributed by atoms with van der Waals surface area (Å²) in [6, 6.07) is 5.95. The van der Waals surface area contributed by atoms with Gasteiger partial charge in [0.25, 0.3) is 0 Å². The van der Waals surface area contributed by atoms with Crippen LogP contribution in [0.1, 0.15) is 45.2 Å². The fraction of sp³-hybridized carbons (Fsp3) is 0.412. The molecule has 110 valence electrons. The van der Waals surface area contributed by atoms with E-state index < -0.39 is 0 Å². The van der Waals surface area contributed by atoms with Gasteiger partial charge in [-0.05, 0) is 29.9 Å². The highest BCUT2D eigenvalue weighted by atomic mass is 16.2. The molecule has 1 atom stereocenters. The minimum Gasteiger partial charge on any atom is -0.329 e. The van der Waals surface area contributed by atoms with Crippen molar-refractivity contribution in [3.05, 3.63) is 42.4 Å². The molecule has 1 aromatic heterocycles. The Labute approximate surface area is 124 Å². The molecule has 1 aliphatic heterocycles. The summed E-state index contributed by atoms with van der Waals surface area (Å²) >= 11 is 0. The maximum absolute atomic E-state index is 12.3. The fourth-order valence-electron chi connectivity index (χ4n) is 2.96. The number of aromatic nitrogens is 2. The minimum atomic E-state index is -0.205. The molecule has 4 nitrogen and oxygen atoms in total. The van der Waals surface area contributed by atoms with Gasteiger partial charge in [-0.1, -0.05) is 39.5 Å². The van der Waals surface area contributed by atoms with Crippen LogP contribution in [0.3, 0.4) is 0 Å². The number of carbonyl (C=O) groups excluding carboxylic acids is 1. The van der Waals surface area contributed by atoms with Crippen LogP contribution in [-0.2, 0) is 10.2 Å². The highest BCUT2D eigenvalue weighted by Gasteiger charge is 2.29. The molecule has 1 amide bonds. The number of benzene rings is 1. The lowest BCUT2D eigenvalue weighted by Gasteiger charge is -2.27. The number of allylic oxidation sites excluding steroid dienone is 1. The molecular formula is C17H21N3O. The van der Waals surface area contributed by atoms with Gasteiger partial charge in [0.2, 0.25) is 5.91 Å². The lowest BCUT2D eigenvalue weighted by molar-refractivity contribution is -0.124. The summed E-state index contributed by atoms with van der Waals surface area (Å²) in [6.07, 6.45) is 3.38. The van der Waals surface area contributed by atoms with E-state index in [9.17, 15) is 4.79 Å². The van der Waals surface area contributed by atoms with Crippen molar-refractivity contribution in [2.45, 2.75) is 45.1 Å². The Hall–Kier alpha value is -2.10. The summed E-state index contributed by atoms with van der Waals surface area (Å²) < 4.78 is 2.03. The topological polar surface area (TPSA) is 46.9 Å². The van der Waals surface area contributed by atoms with Gasteiger partial charge in [-0.2, -0.15) is 0 Å². The van der Waals surface area contributed by atoms with Crippen molar-refractivity contribution in [1.29, 1.82) is 0 Å². The van der Waals surface area contributed by atoms with E-state index >= 15 is 0 Å². The third-order valence-corrected chi connectivity index (χ3v) is 4.06. The first-order chi connectivity index (χ1) is 9.88. The third kappa shape index (κ3) is 2.35. The van der Waals surface area contributed by atoms with E-state index in [1.54, 1.807) is 6.33 Å². The average molecular weight is 283 g/mol. The molecule has 2 aromatic rings. The number of fused-ring (bicyclic) bond motifs is 1. The molecule has 1 aliphatic rings. The molecule has 1 unspecified atom stereocenters. The first-order valence-electron chi connectivity index (χ1n) is 7.32. The first kappa shape index (κ1) is 13.9. The molecular weight excluding hydrogens is 262 g/mol.